The van der Waals surface area contributed by atoms with Crippen LogP contribution in [0.1, 0.15) is 44.1 Å². The number of benzene rings is 1. The minimum absolute atomic E-state index is 0.0729. The SMILES string of the molecule is Cc1ccccc1NC(=O)CCN1CCC2(O)CCCCC2C1. The van der Waals surface area contributed by atoms with Crippen molar-refractivity contribution in [2.45, 2.75) is 51.0 Å². The van der Waals surface area contributed by atoms with Crippen molar-refractivity contribution in [2.75, 3.05) is 25.0 Å². The average molecular weight is 316 g/mol. The van der Waals surface area contributed by atoms with Crippen molar-refractivity contribution in [2.24, 2.45) is 5.92 Å². The molecule has 0 aromatic heterocycles. The van der Waals surface area contributed by atoms with Gasteiger partial charge in [-0.15, -0.1) is 0 Å². The van der Waals surface area contributed by atoms with E-state index in [4.69, 9.17) is 0 Å². The third-order valence-electron chi connectivity index (χ3n) is 5.59. The van der Waals surface area contributed by atoms with Gasteiger partial charge in [-0.05, 0) is 37.8 Å². The molecule has 1 heterocycles. The fourth-order valence-electron chi connectivity index (χ4n) is 4.03. The lowest BCUT2D eigenvalue weighted by molar-refractivity contribution is -0.117. The van der Waals surface area contributed by atoms with Crippen LogP contribution in [0.4, 0.5) is 5.69 Å². The van der Waals surface area contributed by atoms with Crippen LogP contribution >= 0.6 is 0 Å². The summed E-state index contributed by atoms with van der Waals surface area (Å²) in [6.07, 6.45) is 5.85. The van der Waals surface area contributed by atoms with Crippen LogP contribution in [0.15, 0.2) is 24.3 Å². The molecule has 2 unspecified atom stereocenters. The molecule has 1 aromatic carbocycles. The number of nitrogens with zero attached hydrogens (tertiary/aromatic N) is 1. The van der Waals surface area contributed by atoms with Crippen LogP contribution in [-0.4, -0.2) is 41.1 Å². The molecule has 1 saturated carbocycles. The van der Waals surface area contributed by atoms with Crippen molar-refractivity contribution in [3.05, 3.63) is 29.8 Å². The Kier molecular flexibility index (Phi) is 5.02. The summed E-state index contributed by atoms with van der Waals surface area (Å²) >= 11 is 0. The number of piperidine rings is 1. The van der Waals surface area contributed by atoms with Crippen molar-refractivity contribution in [1.29, 1.82) is 0 Å². The first-order chi connectivity index (χ1) is 11.1. The molecule has 0 radical (unpaired) electrons. The number of anilines is 1. The number of carbonyl (C=O) groups is 1. The molecule has 0 spiro atoms. The smallest absolute Gasteiger partial charge is 0.225 e. The summed E-state index contributed by atoms with van der Waals surface area (Å²) < 4.78 is 0. The zero-order chi connectivity index (χ0) is 16.3. The number of para-hydroxylation sites is 1. The van der Waals surface area contributed by atoms with E-state index in [0.29, 0.717) is 12.3 Å². The van der Waals surface area contributed by atoms with E-state index < -0.39 is 5.60 Å². The van der Waals surface area contributed by atoms with Gasteiger partial charge in [0.15, 0.2) is 0 Å². The van der Waals surface area contributed by atoms with E-state index in [2.05, 4.69) is 10.2 Å². The highest BCUT2D eigenvalue weighted by Crippen LogP contribution is 2.39. The number of likely N-dealkylation sites (tertiary alicyclic amines) is 1. The summed E-state index contributed by atoms with van der Waals surface area (Å²) in [5.41, 5.74) is 1.56. The third-order valence-corrected chi connectivity index (χ3v) is 5.59. The summed E-state index contributed by atoms with van der Waals surface area (Å²) in [6, 6.07) is 7.86. The number of fused-ring (bicyclic) bond motifs is 1. The van der Waals surface area contributed by atoms with Crippen molar-refractivity contribution in [3.8, 4) is 0 Å². The molecule has 2 N–H and O–H groups in total. The first-order valence-electron chi connectivity index (χ1n) is 8.87. The summed E-state index contributed by atoms with van der Waals surface area (Å²) in [7, 11) is 0. The molecule has 1 aromatic rings. The Morgan fingerprint density at radius 2 is 2.17 bits per heavy atom. The number of carbonyl (C=O) groups excluding carboxylic acids is 1. The van der Waals surface area contributed by atoms with Gasteiger partial charge < -0.3 is 15.3 Å². The lowest BCUT2D eigenvalue weighted by Gasteiger charge is -2.47. The average Bonchev–Trinajstić information content (AvgIpc) is 2.55. The predicted molar refractivity (Wildman–Crippen MR) is 92.4 cm³/mol. The highest BCUT2D eigenvalue weighted by molar-refractivity contribution is 5.91. The van der Waals surface area contributed by atoms with E-state index >= 15 is 0 Å². The summed E-state index contributed by atoms with van der Waals surface area (Å²) in [5, 5.41) is 13.7. The third kappa shape index (κ3) is 3.93. The molecule has 23 heavy (non-hydrogen) atoms. The van der Waals surface area contributed by atoms with E-state index in [0.717, 1.165) is 56.6 Å². The fourth-order valence-corrected chi connectivity index (χ4v) is 4.03. The Balaban J connectivity index is 1.47. The van der Waals surface area contributed by atoms with Crippen LogP contribution in [0.25, 0.3) is 0 Å². The van der Waals surface area contributed by atoms with Crippen LogP contribution < -0.4 is 5.32 Å². The fraction of sp³-hybridized carbons (Fsp3) is 0.632. The first-order valence-corrected chi connectivity index (χ1v) is 8.87. The Bertz CT molecular complexity index is 560. The molecule has 1 saturated heterocycles. The van der Waals surface area contributed by atoms with Gasteiger partial charge in [0, 0.05) is 37.7 Å². The predicted octanol–water partition coefficient (Wildman–Crippen LogP) is 2.95. The minimum atomic E-state index is -0.432. The number of hydrogen-bond donors (Lipinski definition) is 2. The van der Waals surface area contributed by atoms with E-state index in [1.54, 1.807) is 0 Å². The second-order valence-corrected chi connectivity index (χ2v) is 7.21. The van der Waals surface area contributed by atoms with E-state index in [9.17, 15) is 9.90 Å². The molecular formula is C19H28N2O2. The minimum Gasteiger partial charge on any atom is -0.390 e. The van der Waals surface area contributed by atoms with Crippen molar-refractivity contribution in [1.82, 2.24) is 4.90 Å². The summed E-state index contributed by atoms with van der Waals surface area (Å²) in [4.78, 5) is 14.5. The molecule has 126 valence electrons. The standard InChI is InChI=1S/C19H28N2O2/c1-15-6-2-3-8-17(15)20-18(22)9-12-21-13-11-19(23)10-5-4-7-16(19)14-21/h2-3,6,8,16,23H,4-5,7,9-14H2,1H3,(H,20,22). The number of nitrogens with one attached hydrogen (secondary N) is 1. The van der Waals surface area contributed by atoms with Crippen LogP contribution in [-0.2, 0) is 4.79 Å². The molecule has 2 atom stereocenters. The monoisotopic (exact) mass is 316 g/mol. The zero-order valence-corrected chi connectivity index (χ0v) is 14.1. The maximum absolute atomic E-state index is 12.2. The largest absolute Gasteiger partial charge is 0.390 e. The molecule has 0 bridgehead atoms. The van der Waals surface area contributed by atoms with Crippen LogP contribution in [0.5, 0.6) is 0 Å². The Labute approximate surface area is 138 Å². The van der Waals surface area contributed by atoms with Gasteiger partial charge in [0.2, 0.25) is 5.91 Å². The Morgan fingerprint density at radius 1 is 1.35 bits per heavy atom. The first kappa shape index (κ1) is 16.5. The van der Waals surface area contributed by atoms with Crippen molar-refractivity contribution >= 4 is 11.6 Å². The quantitative estimate of drug-likeness (QED) is 0.898. The van der Waals surface area contributed by atoms with Gasteiger partial charge in [-0.1, -0.05) is 31.0 Å². The topological polar surface area (TPSA) is 52.6 Å². The van der Waals surface area contributed by atoms with Gasteiger partial charge >= 0.3 is 0 Å². The second-order valence-electron chi connectivity index (χ2n) is 7.21. The molecule has 4 heteroatoms. The summed E-state index contributed by atoms with van der Waals surface area (Å²) in [6.45, 7) is 4.63. The number of rotatable bonds is 4. The number of aliphatic hydroxyl groups is 1. The lowest BCUT2D eigenvalue weighted by Crippen LogP contribution is -2.53. The lowest BCUT2D eigenvalue weighted by atomic mass is 9.71. The van der Waals surface area contributed by atoms with Gasteiger partial charge in [0.05, 0.1) is 5.60 Å². The zero-order valence-electron chi connectivity index (χ0n) is 14.1. The van der Waals surface area contributed by atoms with Crippen LogP contribution in [0, 0.1) is 12.8 Å². The maximum atomic E-state index is 12.2. The van der Waals surface area contributed by atoms with Gasteiger partial charge in [0.25, 0.3) is 0 Å². The second kappa shape index (κ2) is 7.02. The molecule has 3 rings (SSSR count). The number of aryl methyl sites for hydroxylation is 1. The molecule has 1 aliphatic carbocycles. The van der Waals surface area contributed by atoms with Gasteiger partial charge in [-0.3, -0.25) is 4.79 Å². The van der Waals surface area contributed by atoms with Crippen LogP contribution in [0.3, 0.4) is 0 Å². The highest BCUT2D eigenvalue weighted by atomic mass is 16.3. The van der Waals surface area contributed by atoms with Gasteiger partial charge in [0.1, 0.15) is 0 Å². The summed E-state index contributed by atoms with van der Waals surface area (Å²) in [5.74, 6) is 0.466. The van der Waals surface area contributed by atoms with Crippen molar-refractivity contribution in [3.63, 3.8) is 0 Å². The molecule has 4 nitrogen and oxygen atoms in total. The molecule has 1 aliphatic heterocycles. The van der Waals surface area contributed by atoms with E-state index in [-0.39, 0.29) is 5.91 Å². The van der Waals surface area contributed by atoms with Gasteiger partial charge in [-0.2, -0.15) is 0 Å². The Morgan fingerprint density at radius 3 is 3.00 bits per heavy atom. The normalized spacial score (nSPS) is 28.2. The van der Waals surface area contributed by atoms with E-state index in [1.807, 2.05) is 31.2 Å². The van der Waals surface area contributed by atoms with Gasteiger partial charge in [-0.25, -0.2) is 0 Å². The number of amides is 1. The maximum Gasteiger partial charge on any atom is 0.225 e. The van der Waals surface area contributed by atoms with E-state index in [1.165, 1.54) is 6.42 Å². The number of hydrogen-bond acceptors (Lipinski definition) is 3. The molecule has 2 fully saturated rings. The molecular weight excluding hydrogens is 288 g/mol. The van der Waals surface area contributed by atoms with Crippen molar-refractivity contribution < 1.29 is 9.90 Å². The molecule has 1 amide bonds. The molecule has 2 aliphatic rings. The highest BCUT2D eigenvalue weighted by Gasteiger charge is 2.42. The Hall–Kier alpha value is -1.39. The van der Waals surface area contributed by atoms with Crippen LogP contribution in [0.2, 0.25) is 0 Å².